The molecule has 0 unspecified atom stereocenters. The topological polar surface area (TPSA) is 96.0 Å². The van der Waals surface area contributed by atoms with Crippen LogP contribution in [-0.2, 0) is 0 Å². The number of nitrogens with zero attached hydrogens (tertiary/aromatic N) is 5. The minimum absolute atomic E-state index is 0.701. The van der Waals surface area contributed by atoms with Gasteiger partial charge in [-0.15, -0.1) is 0 Å². The number of H-pyrrole nitrogens is 2. The molecule has 6 aromatic rings. The number of fused-ring (bicyclic) bond motifs is 2. The molecule has 5 aromatic heterocycles. The molecule has 0 fully saturated rings. The second-order valence-electron chi connectivity index (χ2n) is 7.88. The number of imidazole rings is 1. The molecule has 0 aliphatic rings. The first kappa shape index (κ1) is 18.4. The fraction of sp³-hybridized carbons (Fsp3) is 0.0800. The van der Waals surface area contributed by atoms with Gasteiger partial charge in [0.2, 0.25) is 0 Å². The maximum atomic E-state index is 4.91. The van der Waals surface area contributed by atoms with Gasteiger partial charge in [-0.25, -0.2) is 4.98 Å². The number of hydrogen-bond acceptors (Lipinski definition) is 5. The van der Waals surface area contributed by atoms with Crippen molar-refractivity contribution >= 4 is 21.9 Å². The Balaban J connectivity index is 1.55. The molecular formula is C25H19N7. The molecule has 0 atom stereocenters. The summed E-state index contributed by atoms with van der Waals surface area (Å²) >= 11 is 0. The SMILES string of the molecule is Cc1ccncc1-c1cc2c(-c3nc4c(-c5ccncc5)cncc4[nH]3)n[nH]c2cc1C. The van der Waals surface area contributed by atoms with Gasteiger partial charge in [0.1, 0.15) is 5.69 Å². The molecule has 0 aliphatic carbocycles. The van der Waals surface area contributed by atoms with Crippen molar-refractivity contribution in [1.82, 2.24) is 35.1 Å². The van der Waals surface area contributed by atoms with Gasteiger partial charge in [-0.2, -0.15) is 5.10 Å². The third-order valence-electron chi connectivity index (χ3n) is 5.85. The van der Waals surface area contributed by atoms with E-state index < -0.39 is 0 Å². The van der Waals surface area contributed by atoms with E-state index in [0.717, 1.165) is 55.4 Å². The van der Waals surface area contributed by atoms with Crippen LogP contribution in [0.3, 0.4) is 0 Å². The number of hydrogen-bond donors (Lipinski definition) is 2. The molecular weight excluding hydrogens is 398 g/mol. The van der Waals surface area contributed by atoms with Crippen LogP contribution in [0.1, 0.15) is 11.1 Å². The smallest absolute Gasteiger partial charge is 0.159 e. The Morgan fingerprint density at radius 2 is 1.53 bits per heavy atom. The Morgan fingerprint density at radius 1 is 0.719 bits per heavy atom. The zero-order valence-electron chi connectivity index (χ0n) is 17.6. The normalized spacial score (nSPS) is 11.4. The lowest BCUT2D eigenvalue weighted by molar-refractivity contribution is 1.10. The lowest BCUT2D eigenvalue weighted by Crippen LogP contribution is -1.89. The zero-order valence-corrected chi connectivity index (χ0v) is 17.6. The Morgan fingerprint density at radius 3 is 2.38 bits per heavy atom. The van der Waals surface area contributed by atoms with Crippen LogP contribution in [0.25, 0.3) is 55.7 Å². The lowest BCUT2D eigenvalue weighted by Gasteiger charge is -2.09. The van der Waals surface area contributed by atoms with E-state index in [9.17, 15) is 0 Å². The van der Waals surface area contributed by atoms with Crippen LogP contribution in [-0.4, -0.2) is 35.1 Å². The number of aromatic nitrogens is 7. The monoisotopic (exact) mass is 417 g/mol. The van der Waals surface area contributed by atoms with Crippen molar-refractivity contribution in [2.75, 3.05) is 0 Å². The Hall–Kier alpha value is -4.39. The Labute approximate surface area is 183 Å². The molecule has 0 spiro atoms. The van der Waals surface area contributed by atoms with Crippen LogP contribution in [0.4, 0.5) is 0 Å². The van der Waals surface area contributed by atoms with E-state index in [0.29, 0.717) is 5.82 Å². The maximum absolute atomic E-state index is 4.91. The molecule has 154 valence electrons. The Bertz CT molecular complexity index is 1600. The summed E-state index contributed by atoms with van der Waals surface area (Å²) in [5, 5.41) is 8.76. The maximum Gasteiger partial charge on any atom is 0.159 e. The first-order valence-electron chi connectivity index (χ1n) is 10.3. The number of benzene rings is 1. The molecule has 0 aliphatic heterocycles. The van der Waals surface area contributed by atoms with Crippen molar-refractivity contribution < 1.29 is 0 Å². The second kappa shape index (κ2) is 7.09. The van der Waals surface area contributed by atoms with Gasteiger partial charge in [-0.05, 0) is 66.4 Å². The zero-order chi connectivity index (χ0) is 21.7. The van der Waals surface area contributed by atoms with E-state index in [4.69, 9.17) is 4.98 Å². The summed E-state index contributed by atoms with van der Waals surface area (Å²) < 4.78 is 0. The van der Waals surface area contributed by atoms with Crippen molar-refractivity contribution in [3.8, 4) is 33.8 Å². The minimum Gasteiger partial charge on any atom is -0.335 e. The van der Waals surface area contributed by atoms with E-state index in [2.05, 4.69) is 56.1 Å². The van der Waals surface area contributed by atoms with Gasteiger partial charge in [-0.1, -0.05) is 0 Å². The van der Waals surface area contributed by atoms with E-state index in [1.807, 2.05) is 36.8 Å². The van der Waals surface area contributed by atoms with E-state index in [1.54, 1.807) is 18.6 Å². The van der Waals surface area contributed by atoms with E-state index in [1.165, 1.54) is 5.56 Å². The van der Waals surface area contributed by atoms with Crippen LogP contribution < -0.4 is 0 Å². The molecule has 0 radical (unpaired) electrons. The number of rotatable bonds is 3. The molecule has 2 N–H and O–H groups in total. The molecule has 0 bridgehead atoms. The number of nitrogens with one attached hydrogen (secondary N) is 2. The first-order valence-corrected chi connectivity index (χ1v) is 10.3. The van der Waals surface area contributed by atoms with Gasteiger partial charge >= 0.3 is 0 Å². The summed E-state index contributed by atoms with van der Waals surface area (Å²) in [7, 11) is 0. The molecule has 0 saturated carbocycles. The predicted molar refractivity (Wildman–Crippen MR) is 125 cm³/mol. The fourth-order valence-corrected chi connectivity index (χ4v) is 4.18. The van der Waals surface area contributed by atoms with E-state index in [-0.39, 0.29) is 0 Å². The van der Waals surface area contributed by atoms with Crippen molar-refractivity contribution in [2.24, 2.45) is 0 Å². The number of aryl methyl sites for hydroxylation is 2. The summed E-state index contributed by atoms with van der Waals surface area (Å²) in [4.78, 5) is 21.1. The summed E-state index contributed by atoms with van der Waals surface area (Å²) in [6, 6.07) is 10.2. The molecule has 5 heterocycles. The molecule has 7 nitrogen and oxygen atoms in total. The first-order chi connectivity index (χ1) is 15.7. The van der Waals surface area contributed by atoms with Crippen molar-refractivity contribution in [3.63, 3.8) is 0 Å². The summed E-state index contributed by atoms with van der Waals surface area (Å²) in [6.07, 6.45) is 10.9. The van der Waals surface area contributed by atoms with Crippen molar-refractivity contribution in [3.05, 3.63) is 78.6 Å². The summed E-state index contributed by atoms with van der Waals surface area (Å²) in [5.41, 5.74) is 10.0. The predicted octanol–water partition coefficient (Wildman–Crippen LogP) is 5.24. The largest absolute Gasteiger partial charge is 0.335 e. The van der Waals surface area contributed by atoms with Gasteiger partial charge in [0.25, 0.3) is 0 Å². The third-order valence-corrected chi connectivity index (χ3v) is 5.85. The van der Waals surface area contributed by atoms with Crippen molar-refractivity contribution in [1.29, 1.82) is 0 Å². The van der Waals surface area contributed by atoms with Crippen LogP contribution in [0, 0.1) is 13.8 Å². The number of pyridine rings is 3. The van der Waals surface area contributed by atoms with Crippen LogP contribution >= 0.6 is 0 Å². The number of aromatic amines is 2. The second-order valence-corrected chi connectivity index (χ2v) is 7.88. The average Bonchev–Trinajstić information content (AvgIpc) is 3.43. The molecule has 0 saturated heterocycles. The van der Waals surface area contributed by atoms with Gasteiger partial charge < -0.3 is 4.98 Å². The van der Waals surface area contributed by atoms with Gasteiger partial charge in [0, 0.05) is 47.5 Å². The molecule has 0 amide bonds. The van der Waals surface area contributed by atoms with Gasteiger partial charge in [-0.3, -0.25) is 20.1 Å². The average molecular weight is 417 g/mol. The Kier molecular flexibility index (Phi) is 4.07. The summed E-state index contributed by atoms with van der Waals surface area (Å²) in [6.45, 7) is 4.21. The minimum atomic E-state index is 0.701. The highest BCUT2D eigenvalue weighted by atomic mass is 15.1. The van der Waals surface area contributed by atoms with E-state index >= 15 is 0 Å². The van der Waals surface area contributed by atoms with Gasteiger partial charge in [0.05, 0.1) is 22.7 Å². The van der Waals surface area contributed by atoms with Crippen LogP contribution in [0.15, 0.2) is 67.5 Å². The highest BCUT2D eigenvalue weighted by Gasteiger charge is 2.17. The van der Waals surface area contributed by atoms with Crippen molar-refractivity contribution in [2.45, 2.75) is 13.8 Å². The quantitative estimate of drug-likeness (QED) is 0.410. The van der Waals surface area contributed by atoms with Gasteiger partial charge in [0.15, 0.2) is 5.82 Å². The van der Waals surface area contributed by atoms with Crippen LogP contribution in [0.5, 0.6) is 0 Å². The summed E-state index contributed by atoms with van der Waals surface area (Å²) in [5.74, 6) is 0.701. The highest BCUT2D eigenvalue weighted by molar-refractivity contribution is 5.98. The standard InChI is InChI=1S/C25H19N7/c1-14-3-6-27-11-19(14)17-10-18-21(9-15(17)2)31-32-24(18)25-29-22-13-28-12-20(23(22)30-25)16-4-7-26-8-5-16/h3-13H,1-2H3,(H,29,30)(H,31,32). The molecule has 7 heteroatoms. The highest BCUT2D eigenvalue weighted by Crippen LogP contribution is 2.34. The molecule has 1 aromatic carbocycles. The van der Waals surface area contributed by atoms with Crippen LogP contribution in [0.2, 0.25) is 0 Å². The molecule has 6 rings (SSSR count). The fourth-order valence-electron chi connectivity index (χ4n) is 4.18. The third kappa shape index (κ3) is 2.86. The molecule has 32 heavy (non-hydrogen) atoms. The lowest BCUT2D eigenvalue weighted by atomic mass is 9.96.